The topological polar surface area (TPSA) is 75.7 Å². The van der Waals surface area contributed by atoms with Crippen molar-refractivity contribution in [3.8, 4) is 5.75 Å². The number of nitrogens with zero attached hydrogens (tertiary/aromatic N) is 1. The Balaban J connectivity index is 1.67. The van der Waals surface area contributed by atoms with Gasteiger partial charge in [0.15, 0.2) is 0 Å². The molecule has 0 aliphatic carbocycles. The van der Waals surface area contributed by atoms with Gasteiger partial charge in [-0.05, 0) is 49.1 Å². The smallest absolute Gasteiger partial charge is 0.264 e. The quantitative estimate of drug-likeness (QED) is 0.764. The molecule has 1 N–H and O–H groups in total. The number of carbonyl (C=O) groups excluding carboxylic acids is 1. The predicted octanol–water partition coefficient (Wildman–Crippen LogP) is 2.83. The van der Waals surface area contributed by atoms with Crippen molar-refractivity contribution in [1.82, 2.24) is 9.62 Å². The number of hydrogen-bond acceptors (Lipinski definition) is 5. The molecule has 146 valence electrons. The van der Waals surface area contributed by atoms with Crippen LogP contribution in [0.4, 0.5) is 0 Å². The molecule has 1 aromatic heterocycles. The first-order valence-corrected chi connectivity index (χ1v) is 11.6. The molecule has 1 saturated heterocycles. The summed E-state index contributed by atoms with van der Waals surface area (Å²) < 4.78 is 30.0. The maximum absolute atomic E-state index is 13.0. The highest BCUT2D eigenvalue weighted by atomic mass is 32.2. The van der Waals surface area contributed by atoms with Crippen LogP contribution in [0.3, 0.4) is 0 Å². The zero-order valence-electron chi connectivity index (χ0n) is 15.5. The number of carbonyl (C=O) groups is 1. The fraction of sp³-hybridized carbons (Fsp3) is 0.421. The lowest BCUT2D eigenvalue weighted by Crippen LogP contribution is -2.29. The van der Waals surface area contributed by atoms with E-state index in [2.05, 4.69) is 4.72 Å². The van der Waals surface area contributed by atoms with Crippen LogP contribution in [0.1, 0.15) is 39.0 Å². The minimum Gasteiger partial charge on any atom is -0.497 e. The number of thiophene rings is 1. The highest BCUT2D eigenvalue weighted by Gasteiger charge is 2.31. The molecule has 1 aliphatic rings. The van der Waals surface area contributed by atoms with Crippen LogP contribution in [0.2, 0.25) is 0 Å². The summed E-state index contributed by atoms with van der Waals surface area (Å²) in [7, 11) is -1.55. The SMILES string of the molecule is COc1ccc([C@H]2CCCN2C(=O)c2ccc(CCNS(C)(=O)=O)s2)cc1. The van der Waals surface area contributed by atoms with Crippen LogP contribution < -0.4 is 9.46 Å². The van der Waals surface area contributed by atoms with Crippen LogP contribution in [0.25, 0.3) is 0 Å². The van der Waals surface area contributed by atoms with Crippen LogP contribution in [-0.2, 0) is 16.4 Å². The minimum atomic E-state index is -3.19. The number of ether oxygens (including phenoxy) is 1. The second kappa shape index (κ2) is 8.41. The molecule has 27 heavy (non-hydrogen) atoms. The number of hydrogen-bond donors (Lipinski definition) is 1. The number of methoxy groups -OCH3 is 1. The molecule has 2 aromatic rings. The van der Waals surface area contributed by atoms with E-state index in [-0.39, 0.29) is 11.9 Å². The van der Waals surface area contributed by atoms with Gasteiger partial charge in [0.25, 0.3) is 5.91 Å². The van der Waals surface area contributed by atoms with Crippen molar-refractivity contribution < 1.29 is 17.9 Å². The summed E-state index contributed by atoms with van der Waals surface area (Å²) >= 11 is 1.44. The molecule has 0 bridgehead atoms. The van der Waals surface area contributed by atoms with Crippen LogP contribution in [0.5, 0.6) is 5.75 Å². The molecule has 1 amide bonds. The Labute approximate surface area is 164 Å². The zero-order chi connectivity index (χ0) is 19.4. The molecular weight excluding hydrogens is 384 g/mol. The Morgan fingerprint density at radius 1 is 1.26 bits per heavy atom. The van der Waals surface area contributed by atoms with Gasteiger partial charge in [0.1, 0.15) is 5.75 Å². The average molecular weight is 409 g/mol. The zero-order valence-corrected chi connectivity index (χ0v) is 17.1. The molecule has 1 aromatic carbocycles. The average Bonchev–Trinajstić information content (AvgIpc) is 3.30. The van der Waals surface area contributed by atoms with Gasteiger partial charge in [-0.25, -0.2) is 13.1 Å². The van der Waals surface area contributed by atoms with Gasteiger partial charge in [-0.15, -0.1) is 11.3 Å². The van der Waals surface area contributed by atoms with E-state index >= 15 is 0 Å². The van der Waals surface area contributed by atoms with Gasteiger partial charge >= 0.3 is 0 Å². The number of likely N-dealkylation sites (tertiary alicyclic amines) is 1. The Morgan fingerprint density at radius 3 is 2.67 bits per heavy atom. The van der Waals surface area contributed by atoms with Crippen molar-refractivity contribution >= 4 is 27.3 Å². The molecular formula is C19H24N2O4S2. The Bertz CT molecular complexity index is 891. The fourth-order valence-corrected chi connectivity index (χ4v) is 4.75. The summed E-state index contributed by atoms with van der Waals surface area (Å²) in [5.41, 5.74) is 1.12. The fourth-order valence-electron chi connectivity index (χ4n) is 3.31. The van der Waals surface area contributed by atoms with Gasteiger partial charge in [-0.2, -0.15) is 0 Å². The van der Waals surface area contributed by atoms with Gasteiger partial charge in [-0.3, -0.25) is 4.79 Å². The molecule has 1 aliphatic heterocycles. The highest BCUT2D eigenvalue weighted by molar-refractivity contribution is 7.88. The largest absolute Gasteiger partial charge is 0.497 e. The van der Waals surface area contributed by atoms with Crippen LogP contribution >= 0.6 is 11.3 Å². The van der Waals surface area contributed by atoms with Gasteiger partial charge < -0.3 is 9.64 Å². The van der Waals surface area contributed by atoms with Gasteiger partial charge in [0.05, 0.1) is 24.3 Å². The minimum absolute atomic E-state index is 0.0423. The Morgan fingerprint density at radius 2 is 2.00 bits per heavy atom. The van der Waals surface area contributed by atoms with E-state index in [0.717, 1.165) is 41.8 Å². The molecule has 1 atom stereocenters. The van der Waals surface area contributed by atoms with E-state index in [1.165, 1.54) is 11.3 Å². The van der Waals surface area contributed by atoms with E-state index < -0.39 is 10.0 Å². The van der Waals surface area contributed by atoms with Crippen LogP contribution in [-0.4, -0.2) is 45.7 Å². The first-order valence-electron chi connectivity index (χ1n) is 8.85. The lowest BCUT2D eigenvalue weighted by molar-refractivity contribution is 0.0740. The van der Waals surface area contributed by atoms with Crippen molar-refractivity contribution in [2.75, 3.05) is 26.5 Å². The Hall–Kier alpha value is -1.90. The molecule has 8 heteroatoms. The monoisotopic (exact) mass is 408 g/mol. The van der Waals surface area contributed by atoms with E-state index in [4.69, 9.17) is 4.74 Å². The third-order valence-electron chi connectivity index (χ3n) is 4.62. The van der Waals surface area contributed by atoms with Crippen molar-refractivity contribution in [2.45, 2.75) is 25.3 Å². The van der Waals surface area contributed by atoms with Crippen molar-refractivity contribution in [3.63, 3.8) is 0 Å². The summed E-state index contributed by atoms with van der Waals surface area (Å²) in [6.45, 7) is 1.09. The first-order chi connectivity index (χ1) is 12.9. The molecule has 6 nitrogen and oxygen atoms in total. The molecule has 3 rings (SSSR count). The lowest BCUT2D eigenvalue weighted by atomic mass is 10.0. The maximum atomic E-state index is 13.0. The second-order valence-corrected chi connectivity index (χ2v) is 9.61. The van der Waals surface area contributed by atoms with Crippen molar-refractivity contribution in [2.24, 2.45) is 0 Å². The maximum Gasteiger partial charge on any atom is 0.264 e. The standard InChI is InChI=1S/C19H24N2O4S2/c1-25-15-7-5-14(6-8-15)17-4-3-13-21(17)19(22)18-10-9-16(26-18)11-12-20-27(2,23)24/h5-10,17,20H,3-4,11-13H2,1-2H3/t17-/m1/s1. The summed E-state index contributed by atoms with van der Waals surface area (Å²) in [5, 5.41) is 0. The number of amides is 1. The second-order valence-electron chi connectivity index (χ2n) is 6.61. The summed E-state index contributed by atoms with van der Waals surface area (Å²) in [4.78, 5) is 16.6. The molecule has 0 spiro atoms. The summed E-state index contributed by atoms with van der Waals surface area (Å²) in [6.07, 6.45) is 3.66. The van der Waals surface area contributed by atoms with Crippen LogP contribution in [0.15, 0.2) is 36.4 Å². The van der Waals surface area contributed by atoms with Crippen molar-refractivity contribution in [3.05, 3.63) is 51.7 Å². The summed E-state index contributed by atoms with van der Waals surface area (Å²) in [5.74, 6) is 0.848. The number of nitrogens with one attached hydrogen (secondary N) is 1. The highest BCUT2D eigenvalue weighted by Crippen LogP contribution is 2.34. The molecule has 0 saturated carbocycles. The van der Waals surface area contributed by atoms with E-state index in [0.29, 0.717) is 17.8 Å². The first kappa shape index (κ1) is 19.9. The van der Waals surface area contributed by atoms with Crippen LogP contribution in [0, 0.1) is 0 Å². The number of sulfonamides is 1. The molecule has 0 unspecified atom stereocenters. The third-order valence-corrected chi connectivity index (χ3v) is 6.48. The number of benzene rings is 1. The van der Waals surface area contributed by atoms with Crippen molar-refractivity contribution in [1.29, 1.82) is 0 Å². The molecule has 2 heterocycles. The van der Waals surface area contributed by atoms with Gasteiger partial charge in [-0.1, -0.05) is 12.1 Å². The molecule has 0 radical (unpaired) electrons. The van der Waals surface area contributed by atoms with E-state index in [1.54, 1.807) is 7.11 Å². The van der Waals surface area contributed by atoms with E-state index in [9.17, 15) is 13.2 Å². The molecule has 1 fully saturated rings. The van der Waals surface area contributed by atoms with Gasteiger partial charge in [0, 0.05) is 18.0 Å². The van der Waals surface area contributed by atoms with Gasteiger partial charge in [0.2, 0.25) is 10.0 Å². The normalized spacial score (nSPS) is 17.3. The lowest BCUT2D eigenvalue weighted by Gasteiger charge is -2.24. The predicted molar refractivity (Wildman–Crippen MR) is 107 cm³/mol. The number of rotatable bonds is 7. The summed E-state index contributed by atoms with van der Waals surface area (Å²) in [6, 6.07) is 11.7. The third kappa shape index (κ3) is 5.09. The Kier molecular flexibility index (Phi) is 6.18. The van der Waals surface area contributed by atoms with E-state index in [1.807, 2.05) is 41.3 Å².